The van der Waals surface area contributed by atoms with Crippen LogP contribution in [0.3, 0.4) is 0 Å². The lowest BCUT2D eigenvalue weighted by Gasteiger charge is -2.19. The number of imide groups is 1. The number of rotatable bonds is 6. The zero-order valence-corrected chi connectivity index (χ0v) is 15.9. The normalized spacial score (nSPS) is 17.2. The Hall–Kier alpha value is -3.43. The molecule has 10 heteroatoms. The van der Waals surface area contributed by atoms with Gasteiger partial charge in [0.05, 0.1) is 0 Å². The summed E-state index contributed by atoms with van der Waals surface area (Å²) in [5, 5.41) is 7.81. The average molecular weight is 402 g/mol. The van der Waals surface area contributed by atoms with Crippen molar-refractivity contribution in [2.75, 3.05) is 23.8 Å². The van der Waals surface area contributed by atoms with E-state index in [1.54, 1.807) is 24.3 Å². The second kappa shape index (κ2) is 8.29. The van der Waals surface area contributed by atoms with Gasteiger partial charge < -0.3 is 20.7 Å². The largest absolute Gasteiger partial charge is 0.454 e. The standard InChI is InChI=1S/C19H22N4O6/c1-12(24)20-13-4-6-14(7-5-13)21-15(25)11-29-16(26)10-23-17(27)19(22-18(23)28)8-2-3-9-19/h4-7H,2-3,8-11H2,1H3,(H,20,24)(H,21,25)(H,22,28). The summed E-state index contributed by atoms with van der Waals surface area (Å²) in [4.78, 5) is 60.3. The summed E-state index contributed by atoms with van der Waals surface area (Å²) in [6, 6.07) is 5.77. The van der Waals surface area contributed by atoms with E-state index in [1.807, 2.05) is 0 Å². The molecule has 1 saturated heterocycles. The van der Waals surface area contributed by atoms with E-state index in [0.29, 0.717) is 24.2 Å². The molecule has 0 bridgehead atoms. The summed E-state index contributed by atoms with van der Waals surface area (Å²) in [5.41, 5.74) is 0.144. The third kappa shape index (κ3) is 4.71. The predicted molar refractivity (Wildman–Crippen MR) is 102 cm³/mol. The van der Waals surface area contributed by atoms with E-state index in [-0.39, 0.29) is 5.91 Å². The number of amides is 5. The second-order valence-corrected chi connectivity index (χ2v) is 7.08. The van der Waals surface area contributed by atoms with Crippen LogP contribution < -0.4 is 16.0 Å². The van der Waals surface area contributed by atoms with E-state index < -0.39 is 42.5 Å². The van der Waals surface area contributed by atoms with Gasteiger partial charge >= 0.3 is 12.0 Å². The van der Waals surface area contributed by atoms with Crippen molar-refractivity contribution in [1.29, 1.82) is 0 Å². The third-order valence-electron chi connectivity index (χ3n) is 4.84. The SMILES string of the molecule is CC(=O)Nc1ccc(NC(=O)COC(=O)CN2C(=O)NC3(CCCC3)C2=O)cc1. The van der Waals surface area contributed by atoms with Gasteiger partial charge in [0.1, 0.15) is 12.1 Å². The number of urea groups is 1. The number of hydrogen-bond donors (Lipinski definition) is 3. The van der Waals surface area contributed by atoms with Crippen molar-refractivity contribution >= 4 is 41.1 Å². The van der Waals surface area contributed by atoms with E-state index in [1.165, 1.54) is 6.92 Å². The van der Waals surface area contributed by atoms with Crippen LogP contribution >= 0.6 is 0 Å². The molecule has 1 spiro atoms. The van der Waals surface area contributed by atoms with Crippen LogP contribution in [-0.2, 0) is 23.9 Å². The first-order chi connectivity index (χ1) is 13.8. The van der Waals surface area contributed by atoms with E-state index in [0.717, 1.165) is 17.7 Å². The van der Waals surface area contributed by atoms with Crippen LogP contribution in [0.4, 0.5) is 16.2 Å². The Kier molecular flexibility index (Phi) is 5.81. The highest BCUT2D eigenvalue weighted by Crippen LogP contribution is 2.34. The Balaban J connectivity index is 1.45. The summed E-state index contributed by atoms with van der Waals surface area (Å²) >= 11 is 0. The Bertz CT molecular complexity index is 845. The lowest BCUT2D eigenvalue weighted by Crippen LogP contribution is -2.44. The minimum atomic E-state index is -0.891. The molecule has 1 aromatic carbocycles. The number of nitrogens with zero attached hydrogens (tertiary/aromatic N) is 1. The Morgan fingerprint density at radius 3 is 2.24 bits per heavy atom. The van der Waals surface area contributed by atoms with Crippen molar-refractivity contribution in [1.82, 2.24) is 10.2 Å². The molecule has 0 radical (unpaired) electrons. The molecule has 1 aliphatic heterocycles. The van der Waals surface area contributed by atoms with Crippen molar-refractivity contribution < 1.29 is 28.7 Å². The van der Waals surface area contributed by atoms with Crippen LogP contribution in [0.2, 0.25) is 0 Å². The van der Waals surface area contributed by atoms with Gasteiger partial charge in [0.15, 0.2) is 6.61 Å². The molecule has 10 nitrogen and oxygen atoms in total. The Morgan fingerprint density at radius 2 is 1.66 bits per heavy atom. The highest BCUT2D eigenvalue weighted by Gasteiger charge is 2.52. The fraction of sp³-hybridized carbons (Fsp3) is 0.421. The zero-order chi connectivity index (χ0) is 21.0. The van der Waals surface area contributed by atoms with Gasteiger partial charge in [0.2, 0.25) is 5.91 Å². The summed E-state index contributed by atoms with van der Waals surface area (Å²) in [5.74, 6) is -2.05. The predicted octanol–water partition coefficient (Wildman–Crippen LogP) is 0.991. The number of ether oxygens (including phenoxy) is 1. The van der Waals surface area contributed by atoms with Crippen LogP contribution in [0.15, 0.2) is 24.3 Å². The van der Waals surface area contributed by atoms with Gasteiger partial charge in [-0.15, -0.1) is 0 Å². The minimum Gasteiger partial charge on any atom is -0.454 e. The van der Waals surface area contributed by atoms with Gasteiger partial charge in [-0.3, -0.25) is 24.1 Å². The maximum atomic E-state index is 12.5. The summed E-state index contributed by atoms with van der Waals surface area (Å²) < 4.78 is 4.88. The molecule has 2 fully saturated rings. The van der Waals surface area contributed by atoms with Crippen molar-refractivity contribution in [2.24, 2.45) is 0 Å². The van der Waals surface area contributed by atoms with Crippen LogP contribution in [0, 0.1) is 0 Å². The topological polar surface area (TPSA) is 134 Å². The smallest absolute Gasteiger partial charge is 0.326 e. The van der Waals surface area contributed by atoms with Gasteiger partial charge in [-0.05, 0) is 37.1 Å². The zero-order valence-electron chi connectivity index (χ0n) is 15.9. The van der Waals surface area contributed by atoms with Crippen LogP contribution in [0.25, 0.3) is 0 Å². The van der Waals surface area contributed by atoms with Crippen LogP contribution in [-0.4, -0.2) is 53.3 Å². The van der Waals surface area contributed by atoms with Crippen molar-refractivity contribution in [2.45, 2.75) is 38.1 Å². The molecular weight excluding hydrogens is 380 g/mol. The third-order valence-corrected chi connectivity index (χ3v) is 4.84. The number of esters is 1. The lowest BCUT2D eigenvalue weighted by molar-refractivity contribution is -0.150. The number of carbonyl (C=O) groups excluding carboxylic acids is 5. The van der Waals surface area contributed by atoms with Gasteiger partial charge in [0, 0.05) is 18.3 Å². The molecule has 5 amide bonds. The van der Waals surface area contributed by atoms with Crippen molar-refractivity contribution in [3.05, 3.63) is 24.3 Å². The number of benzene rings is 1. The van der Waals surface area contributed by atoms with E-state index >= 15 is 0 Å². The molecule has 1 saturated carbocycles. The molecule has 3 N–H and O–H groups in total. The van der Waals surface area contributed by atoms with Gasteiger partial charge in [-0.2, -0.15) is 0 Å². The van der Waals surface area contributed by atoms with Crippen LogP contribution in [0.1, 0.15) is 32.6 Å². The van der Waals surface area contributed by atoms with Gasteiger partial charge in [-0.1, -0.05) is 12.8 Å². The first kappa shape index (κ1) is 20.3. The van der Waals surface area contributed by atoms with Crippen LogP contribution in [0.5, 0.6) is 0 Å². The number of nitrogens with one attached hydrogen (secondary N) is 3. The fourth-order valence-corrected chi connectivity index (χ4v) is 3.50. The second-order valence-electron chi connectivity index (χ2n) is 7.08. The maximum absolute atomic E-state index is 12.5. The van der Waals surface area contributed by atoms with E-state index in [9.17, 15) is 24.0 Å². The summed E-state index contributed by atoms with van der Waals surface area (Å²) in [6.45, 7) is 0.295. The average Bonchev–Trinajstić information content (AvgIpc) is 3.22. The van der Waals surface area contributed by atoms with Crippen molar-refractivity contribution in [3.8, 4) is 0 Å². The monoisotopic (exact) mass is 402 g/mol. The molecule has 0 aromatic heterocycles. The Labute approximate surface area is 166 Å². The number of hydrogen-bond acceptors (Lipinski definition) is 6. The number of anilines is 2. The summed E-state index contributed by atoms with van der Waals surface area (Å²) in [6.07, 6.45) is 2.81. The molecule has 2 aliphatic rings. The lowest BCUT2D eigenvalue weighted by atomic mass is 9.98. The molecule has 1 aromatic rings. The molecule has 0 unspecified atom stereocenters. The quantitative estimate of drug-likeness (QED) is 0.480. The Morgan fingerprint density at radius 1 is 1.07 bits per heavy atom. The molecule has 3 rings (SSSR count). The van der Waals surface area contributed by atoms with Crippen molar-refractivity contribution in [3.63, 3.8) is 0 Å². The molecule has 154 valence electrons. The molecule has 1 aliphatic carbocycles. The first-order valence-electron chi connectivity index (χ1n) is 9.26. The summed E-state index contributed by atoms with van der Waals surface area (Å²) in [7, 11) is 0. The van der Waals surface area contributed by atoms with E-state index in [2.05, 4.69) is 16.0 Å². The molecule has 29 heavy (non-hydrogen) atoms. The molecule has 0 atom stereocenters. The highest BCUT2D eigenvalue weighted by atomic mass is 16.5. The molecule has 1 heterocycles. The minimum absolute atomic E-state index is 0.210. The maximum Gasteiger partial charge on any atom is 0.326 e. The highest BCUT2D eigenvalue weighted by molar-refractivity contribution is 6.09. The molecular formula is C19H22N4O6. The van der Waals surface area contributed by atoms with E-state index in [4.69, 9.17) is 4.74 Å². The first-order valence-corrected chi connectivity index (χ1v) is 9.26. The fourth-order valence-electron chi connectivity index (χ4n) is 3.50. The van der Waals surface area contributed by atoms with Gasteiger partial charge in [-0.25, -0.2) is 4.79 Å². The number of carbonyl (C=O) groups is 5. The van der Waals surface area contributed by atoms with Gasteiger partial charge in [0.25, 0.3) is 11.8 Å².